The summed E-state index contributed by atoms with van der Waals surface area (Å²) in [6.45, 7) is 3.55. The van der Waals surface area contributed by atoms with E-state index in [0.29, 0.717) is 31.2 Å². The van der Waals surface area contributed by atoms with E-state index in [1.54, 1.807) is 6.92 Å². The molecular weight excluding hydrogens is 373 g/mol. The fourth-order valence-electron chi connectivity index (χ4n) is 2.49. The molecule has 9 heteroatoms. The molecule has 0 bridgehead atoms. The largest absolute Gasteiger partial charge is 0.368 e. The number of hydrogen-bond acceptors (Lipinski definition) is 4. The molecule has 1 unspecified atom stereocenters. The second-order valence-electron chi connectivity index (χ2n) is 5.56. The van der Waals surface area contributed by atoms with Crippen LogP contribution in [0.1, 0.15) is 6.92 Å². The van der Waals surface area contributed by atoms with Crippen LogP contribution in [0.25, 0.3) is 0 Å². The van der Waals surface area contributed by atoms with Crippen LogP contribution in [0.15, 0.2) is 24.3 Å². The number of rotatable bonds is 6. The van der Waals surface area contributed by atoms with Crippen molar-refractivity contribution < 1.29 is 13.2 Å². The van der Waals surface area contributed by atoms with Crippen LogP contribution >= 0.6 is 23.2 Å². The van der Waals surface area contributed by atoms with E-state index in [1.165, 1.54) is 4.31 Å². The standard InChI is InChI=1S/C15H21Cl2N3O3S/c1-12(16)15(21)18-6-11-24(22,23)20-9-7-19(8-10-20)14-5-3-2-4-13(14)17/h2-5,12H,6-11H2,1H3,(H,18,21). The number of amides is 1. The van der Waals surface area contributed by atoms with Gasteiger partial charge in [0.25, 0.3) is 0 Å². The number of piperazine rings is 1. The Morgan fingerprint density at radius 1 is 1.25 bits per heavy atom. The molecule has 1 fully saturated rings. The van der Waals surface area contributed by atoms with Crippen LogP contribution in [-0.2, 0) is 14.8 Å². The second-order valence-corrected chi connectivity index (χ2v) is 8.71. The Kier molecular flexibility index (Phi) is 6.74. The monoisotopic (exact) mass is 393 g/mol. The summed E-state index contributed by atoms with van der Waals surface area (Å²) in [7, 11) is -3.40. The maximum atomic E-state index is 12.3. The topological polar surface area (TPSA) is 69.7 Å². The molecule has 0 saturated carbocycles. The van der Waals surface area contributed by atoms with Crippen molar-refractivity contribution in [3.8, 4) is 0 Å². The van der Waals surface area contributed by atoms with Gasteiger partial charge in [0.15, 0.2) is 0 Å². The number of anilines is 1. The molecular formula is C15H21Cl2N3O3S. The summed E-state index contributed by atoms with van der Waals surface area (Å²) in [5, 5.41) is 2.50. The molecule has 1 N–H and O–H groups in total. The minimum Gasteiger partial charge on any atom is -0.368 e. The summed E-state index contributed by atoms with van der Waals surface area (Å²) in [6.07, 6.45) is 0. The molecule has 24 heavy (non-hydrogen) atoms. The maximum absolute atomic E-state index is 12.3. The minimum absolute atomic E-state index is 0.0585. The first-order valence-corrected chi connectivity index (χ1v) is 10.1. The fraction of sp³-hybridized carbons (Fsp3) is 0.533. The van der Waals surface area contributed by atoms with Crippen LogP contribution < -0.4 is 10.2 Å². The van der Waals surface area contributed by atoms with E-state index in [-0.39, 0.29) is 18.2 Å². The zero-order valence-corrected chi connectivity index (χ0v) is 15.7. The van der Waals surface area contributed by atoms with E-state index in [0.717, 1.165) is 5.69 Å². The van der Waals surface area contributed by atoms with Crippen LogP contribution in [0.3, 0.4) is 0 Å². The number of para-hydroxylation sites is 1. The summed E-state index contributed by atoms with van der Waals surface area (Å²) in [6, 6.07) is 7.52. The number of benzene rings is 1. The first-order valence-electron chi connectivity index (χ1n) is 7.70. The summed E-state index contributed by atoms with van der Waals surface area (Å²) < 4.78 is 26.1. The van der Waals surface area contributed by atoms with Crippen LogP contribution in [-0.4, -0.2) is 62.5 Å². The molecule has 6 nitrogen and oxygen atoms in total. The van der Waals surface area contributed by atoms with E-state index >= 15 is 0 Å². The maximum Gasteiger partial charge on any atom is 0.237 e. The smallest absolute Gasteiger partial charge is 0.237 e. The first kappa shape index (κ1) is 19.3. The van der Waals surface area contributed by atoms with Crippen molar-refractivity contribution >= 4 is 44.8 Å². The van der Waals surface area contributed by atoms with Gasteiger partial charge in [0.2, 0.25) is 15.9 Å². The molecule has 1 aliphatic rings. The van der Waals surface area contributed by atoms with Gasteiger partial charge in [-0.15, -0.1) is 11.6 Å². The van der Waals surface area contributed by atoms with Gasteiger partial charge in [-0.3, -0.25) is 4.79 Å². The van der Waals surface area contributed by atoms with Gasteiger partial charge in [0.05, 0.1) is 16.5 Å². The number of carbonyl (C=O) groups excluding carboxylic acids is 1. The van der Waals surface area contributed by atoms with Crippen molar-refractivity contribution in [2.24, 2.45) is 0 Å². The van der Waals surface area contributed by atoms with Gasteiger partial charge in [0.1, 0.15) is 5.38 Å². The van der Waals surface area contributed by atoms with Crippen molar-refractivity contribution in [3.63, 3.8) is 0 Å². The van der Waals surface area contributed by atoms with Gasteiger partial charge in [-0.2, -0.15) is 4.31 Å². The van der Waals surface area contributed by atoms with E-state index in [4.69, 9.17) is 23.2 Å². The third-order valence-corrected chi connectivity index (χ3v) is 6.24. The lowest BCUT2D eigenvalue weighted by molar-refractivity contribution is -0.120. The molecule has 0 spiro atoms. The highest BCUT2D eigenvalue weighted by atomic mass is 35.5. The number of hydrogen-bond donors (Lipinski definition) is 1. The Hall–Kier alpha value is -1.02. The molecule has 0 aromatic heterocycles. The molecule has 1 aromatic carbocycles. The van der Waals surface area contributed by atoms with Crippen LogP contribution in [0.4, 0.5) is 5.69 Å². The average molecular weight is 394 g/mol. The van der Waals surface area contributed by atoms with E-state index in [1.807, 2.05) is 24.3 Å². The molecule has 1 aliphatic heterocycles. The highest BCUT2D eigenvalue weighted by Gasteiger charge is 2.27. The highest BCUT2D eigenvalue weighted by Crippen LogP contribution is 2.26. The Bertz CT molecular complexity index is 674. The molecule has 0 aliphatic carbocycles. The van der Waals surface area contributed by atoms with Crippen molar-refractivity contribution in [1.82, 2.24) is 9.62 Å². The predicted molar refractivity (Wildman–Crippen MR) is 97.3 cm³/mol. The van der Waals surface area contributed by atoms with Crippen molar-refractivity contribution in [1.29, 1.82) is 0 Å². The third kappa shape index (κ3) is 4.99. The predicted octanol–water partition coefficient (Wildman–Crippen LogP) is 1.54. The van der Waals surface area contributed by atoms with E-state index < -0.39 is 15.4 Å². The Morgan fingerprint density at radius 2 is 1.88 bits per heavy atom. The number of sulfonamides is 1. The lowest BCUT2D eigenvalue weighted by atomic mass is 10.2. The van der Waals surface area contributed by atoms with E-state index in [9.17, 15) is 13.2 Å². The fourth-order valence-corrected chi connectivity index (χ4v) is 4.16. The molecule has 1 heterocycles. The molecule has 1 atom stereocenters. The van der Waals surface area contributed by atoms with Gasteiger partial charge in [-0.25, -0.2) is 8.42 Å². The summed E-state index contributed by atoms with van der Waals surface area (Å²) >= 11 is 11.8. The van der Waals surface area contributed by atoms with Gasteiger partial charge in [-0.1, -0.05) is 23.7 Å². The number of halogens is 2. The average Bonchev–Trinajstić information content (AvgIpc) is 2.55. The minimum atomic E-state index is -3.40. The lowest BCUT2D eigenvalue weighted by Gasteiger charge is -2.35. The molecule has 1 aromatic rings. The summed E-state index contributed by atoms with van der Waals surface area (Å²) in [5.41, 5.74) is 0.916. The number of nitrogens with one attached hydrogen (secondary N) is 1. The Labute approximate surface area is 152 Å². The van der Waals surface area contributed by atoms with Crippen LogP contribution in [0, 0.1) is 0 Å². The Balaban J connectivity index is 1.87. The molecule has 0 radical (unpaired) electrons. The number of nitrogens with zero attached hydrogens (tertiary/aromatic N) is 2. The number of alkyl halides is 1. The summed E-state index contributed by atoms with van der Waals surface area (Å²) in [5.74, 6) is -0.496. The molecule has 1 amide bonds. The quantitative estimate of drug-likeness (QED) is 0.744. The van der Waals surface area contributed by atoms with Crippen molar-refractivity contribution in [2.75, 3.05) is 43.4 Å². The number of carbonyl (C=O) groups is 1. The molecule has 2 rings (SSSR count). The SMILES string of the molecule is CC(Cl)C(=O)NCCS(=O)(=O)N1CCN(c2ccccc2Cl)CC1. The van der Waals surface area contributed by atoms with Gasteiger partial charge in [0, 0.05) is 32.7 Å². The van der Waals surface area contributed by atoms with Crippen LogP contribution in [0.2, 0.25) is 5.02 Å². The zero-order valence-electron chi connectivity index (χ0n) is 13.4. The summed E-state index contributed by atoms with van der Waals surface area (Å²) in [4.78, 5) is 13.4. The second kappa shape index (κ2) is 8.38. The van der Waals surface area contributed by atoms with Crippen molar-refractivity contribution in [2.45, 2.75) is 12.3 Å². The van der Waals surface area contributed by atoms with Crippen LogP contribution in [0.5, 0.6) is 0 Å². The van der Waals surface area contributed by atoms with Crippen molar-refractivity contribution in [3.05, 3.63) is 29.3 Å². The third-order valence-electron chi connectivity index (χ3n) is 3.85. The Morgan fingerprint density at radius 3 is 2.46 bits per heavy atom. The highest BCUT2D eigenvalue weighted by molar-refractivity contribution is 7.89. The molecule has 134 valence electrons. The van der Waals surface area contributed by atoms with E-state index in [2.05, 4.69) is 10.2 Å². The lowest BCUT2D eigenvalue weighted by Crippen LogP contribution is -2.50. The normalized spacial score (nSPS) is 17.5. The van der Waals surface area contributed by atoms with Gasteiger partial charge < -0.3 is 10.2 Å². The van der Waals surface area contributed by atoms with Gasteiger partial charge >= 0.3 is 0 Å². The van der Waals surface area contributed by atoms with Gasteiger partial charge in [-0.05, 0) is 19.1 Å². The first-order chi connectivity index (χ1) is 11.3. The zero-order chi connectivity index (χ0) is 17.7. The molecule has 1 saturated heterocycles.